The lowest BCUT2D eigenvalue weighted by atomic mass is 9.96. The Morgan fingerprint density at radius 2 is 1.67 bits per heavy atom. The van der Waals surface area contributed by atoms with Crippen molar-refractivity contribution in [2.24, 2.45) is 5.92 Å². The highest BCUT2D eigenvalue weighted by Gasteiger charge is 2.17. The number of amides is 1. The maximum Gasteiger partial charge on any atom is 0.251 e. The molecule has 2 rings (SSSR count). The number of carbonyl (C=O) groups is 1. The maximum absolute atomic E-state index is 12.6. The van der Waals surface area contributed by atoms with E-state index in [2.05, 4.69) is 19.2 Å². The molecule has 24 heavy (non-hydrogen) atoms. The molecule has 2 aromatic carbocycles. The Bertz CT molecular complexity index is 665. The van der Waals surface area contributed by atoms with Gasteiger partial charge in [0.05, 0.1) is 20.3 Å². The average Bonchev–Trinajstić information content (AvgIpc) is 2.60. The van der Waals surface area contributed by atoms with E-state index in [1.165, 1.54) is 0 Å². The first-order valence-electron chi connectivity index (χ1n) is 8.12. The second-order valence-corrected chi connectivity index (χ2v) is 6.16. The molecule has 0 saturated heterocycles. The van der Waals surface area contributed by atoms with Gasteiger partial charge in [0.15, 0.2) is 0 Å². The highest BCUT2D eigenvalue weighted by atomic mass is 16.5. The van der Waals surface area contributed by atoms with Gasteiger partial charge in [-0.05, 0) is 48.2 Å². The molecule has 0 aliphatic heterocycles. The summed E-state index contributed by atoms with van der Waals surface area (Å²) in [7, 11) is 3.24. The molecule has 128 valence electrons. The lowest BCUT2D eigenvalue weighted by molar-refractivity contribution is 0.0931. The van der Waals surface area contributed by atoms with E-state index in [9.17, 15) is 4.79 Å². The highest BCUT2D eigenvalue weighted by molar-refractivity contribution is 5.94. The summed E-state index contributed by atoms with van der Waals surface area (Å²) in [6.45, 7) is 4.29. The number of methoxy groups -OCH3 is 2. The van der Waals surface area contributed by atoms with Crippen LogP contribution in [-0.2, 0) is 0 Å². The summed E-state index contributed by atoms with van der Waals surface area (Å²) in [5, 5.41) is 3.13. The zero-order valence-corrected chi connectivity index (χ0v) is 14.7. The fraction of sp³-hybridized carbons (Fsp3) is 0.350. The monoisotopic (exact) mass is 327 g/mol. The summed E-state index contributed by atoms with van der Waals surface area (Å²) >= 11 is 0. The van der Waals surface area contributed by atoms with Crippen LogP contribution in [0.2, 0.25) is 0 Å². The molecule has 4 heteroatoms. The summed E-state index contributed by atoms with van der Waals surface area (Å²) in [5.74, 6) is 1.84. The second-order valence-electron chi connectivity index (χ2n) is 6.16. The van der Waals surface area contributed by atoms with Crippen molar-refractivity contribution < 1.29 is 14.3 Å². The van der Waals surface area contributed by atoms with Crippen LogP contribution < -0.4 is 14.8 Å². The van der Waals surface area contributed by atoms with Crippen molar-refractivity contribution in [2.75, 3.05) is 14.2 Å². The third kappa shape index (κ3) is 4.75. The normalized spacial score (nSPS) is 11.9. The molecule has 0 radical (unpaired) electrons. The Morgan fingerprint density at radius 3 is 2.25 bits per heavy atom. The van der Waals surface area contributed by atoms with Crippen LogP contribution in [0.25, 0.3) is 0 Å². The van der Waals surface area contributed by atoms with E-state index in [0.29, 0.717) is 17.2 Å². The number of ether oxygens (including phenoxy) is 2. The van der Waals surface area contributed by atoms with Crippen LogP contribution in [0.1, 0.15) is 42.2 Å². The van der Waals surface area contributed by atoms with Crippen molar-refractivity contribution in [1.82, 2.24) is 5.32 Å². The largest absolute Gasteiger partial charge is 0.497 e. The van der Waals surface area contributed by atoms with E-state index >= 15 is 0 Å². The molecule has 0 aliphatic rings. The Labute approximate surface area is 143 Å². The number of carbonyl (C=O) groups excluding carboxylic acids is 1. The van der Waals surface area contributed by atoms with Crippen molar-refractivity contribution in [3.05, 3.63) is 59.7 Å². The minimum absolute atomic E-state index is 0.0467. The summed E-state index contributed by atoms with van der Waals surface area (Å²) in [5.41, 5.74) is 1.66. The minimum atomic E-state index is -0.102. The van der Waals surface area contributed by atoms with Gasteiger partial charge in [0.25, 0.3) is 5.91 Å². The molecule has 2 aromatic rings. The summed E-state index contributed by atoms with van der Waals surface area (Å²) < 4.78 is 10.4. The molecule has 0 unspecified atom stereocenters. The van der Waals surface area contributed by atoms with Gasteiger partial charge in [0.2, 0.25) is 0 Å². The van der Waals surface area contributed by atoms with Gasteiger partial charge in [-0.2, -0.15) is 0 Å². The number of nitrogens with one attached hydrogen (secondary N) is 1. The molecule has 0 heterocycles. The van der Waals surface area contributed by atoms with Gasteiger partial charge >= 0.3 is 0 Å². The molecule has 1 atom stereocenters. The SMILES string of the molecule is COc1ccc([C@H](CC(C)C)NC(=O)c2cccc(OC)c2)cc1. The van der Waals surface area contributed by atoms with Gasteiger partial charge < -0.3 is 14.8 Å². The summed E-state index contributed by atoms with van der Waals surface area (Å²) in [6, 6.07) is 15.0. The molecular weight excluding hydrogens is 302 g/mol. The van der Waals surface area contributed by atoms with Crippen LogP contribution in [-0.4, -0.2) is 20.1 Å². The van der Waals surface area contributed by atoms with Gasteiger partial charge in [0, 0.05) is 5.56 Å². The van der Waals surface area contributed by atoms with Crippen LogP contribution in [0.4, 0.5) is 0 Å². The van der Waals surface area contributed by atoms with Crippen LogP contribution in [0, 0.1) is 5.92 Å². The van der Waals surface area contributed by atoms with Crippen molar-refractivity contribution in [1.29, 1.82) is 0 Å². The molecule has 0 saturated carbocycles. The van der Waals surface area contributed by atoms with Crippen molar-refractivity contribution in [3.63, 3.8) is 0 Å². The molecular formula is C20H25NO3. The Hall–Kier alpha value is -2.49. The fourth-order valence-corrected chi connectivity index (χ4v) is 2.59. The van der Waals surface area contributed by atoms with Gasteiger partial charge in [-0.25, -0.2) is 0 Å². The summed E-state index contributed by atoms with van der Waals surface area (Å²) in [6.07, 6.45) is 0.863. The molecule has 0 bridgehead atoms. The Balaban J connectivity index is 2.19. The smallest absolute Gasteiger partial charge is 0.251 e. The molecule has 1 amide bonds. The topological polar surface area (TPSA) is 47.6 Å². The standard InChI is InChI=1S/C20H25NO3/c1-14(2)12-19(15-8-10-17(23-3)11-9-15)21-20(22)16-6-5-7-18(13-16)24-4/h5-11,13-14,19H,12H2,1-4H3,(H,21,22)/t19-/m0/s1. The number of rotatable bonds is 7. The third-order valence-corrected chi connectivity index (χ3v) is 3.86. The molecule has 4 nitrogen and oxygen atoms in total. The van der Waals surface area contributed by atoms with Crippen molar-refractivity contribution in [2.45, 2.75) is 26.3 Å². The number of benzene rings is 2. The van der Waals surface area contributed by atoms with Gasteiger partial charge in [-0.15, -0.1) is 0 Å². The van der Waals surface area contributed by atoms with E-state index < -0.39 is 0 Å². The van der Waals surface area contributed by atoms with Crippen LogP contribution in [0.3, 0.4) is 0 Å². The molecule has 1 N–H and O–H groups in total. The predicted octanol–water partition coefficient (Wildman–Crippen LogP) is 4.22. The Kier molecular flexibility index (Phi) is 6.24. The predicted molar refractivity (Wildman–Crippen MR) is 95.7 cm³/mol. The molecule has 0 aromatic heterocycles. The summed E-state index contributed by atoms with van der Waals surface area (Å²) in [4.78, 5) is 12.6. The van der Waals surface area contributed by atoms with Crippen LogP contribution in [0.5, 0.6) is 11.5 Å². The maximum atomic E-state index is 12.6. The first-order chi connectivity index (χ1) is 11.5. The number of hydrogen-bond acceptors (Lipinski definition) is 3. The first kappa shape index (κ1) is 17.9. The lowest BCUT2D eigenvalue weighted by Crippen LogP contribution is -2.29. The quantitative estimate of drug-likeness (QED) is 0.828. The minimum Gasteiger partial charge on any atom is -0.497 e. The van der Waals surface area contributed by atoms with E-state index in [0.717, 1.165) is 17.7 Å². The molecule has 0 fully saturated rings. The third-order valence-electron chi connectivity index (χ3n) is 3.86. The van der Waals surface area contributed by atoms with E-state index in [-0.39, 0.29) is 11.9 Å². The number of hydrogen-bond donors (Lipinski definition) is 1. The van der Waals surface area contributed by atoms with Crippen molar-refractivity contribution >= 4 is 5.91 Å². The van der Waals surface area contributed by atoms with Gasteiger partial charge in [0.1, 0.15) is 11.5 Å². The Morgan fingerprint density at radius 1 is 1.00 bits per heavy atom. The second kappa shape index (κ2) is 8.39. The average molecular weight is 327 g/mol. The van der Waals surface area contributed by atoms with E-state index in [4.69, 9.17) is 9.47 Å². The fourth-order valence-electron chi connectivity index (χ4n) is 2.59. The van der Waals surface area contributed by atoms with Crippen molar-refractivity contribution in [3.8, 4) is 11.5 Å². The zero-order chi connectivity index (χ0) is 17.5. The van der Waals surface area contributed by atoms with Crippen LogP contribution in [0.15, 0.2) is 48.5 Å². The van der Waals surface area contributed by atoms with E-state index in [1.807, 2.05) is 36.4 Å². The first-order valence-corrected chi connectivity index (χ1v) is 8.12. The van der Waals surface area contributed by atoms with Gasteiger partial charge in [-0.3, -0.25) is 4.79 Å². The molecule has 0 aliphatic carbocycles. The zero-order valence-electron chi connectivity index (χ0n) is 14.7. The molecule has 0 spiro atoms. The van der Waals surface area contributed by atoms with Crippen LogP contribution >= 0.6 is 0 Å². The van der Waals surface area contributed by atoms with E-state index in [1.54, 1.807) is 26.4 Å². The lowest BCUT2D eigenvalue weighted by Gasteiger charge is -2.21. The van der Waals surface area contributed by atoms with Gasteiger partial charge in [-0.1, -0.05) is 32.0 Å². The highest BCUT2D eigenvalue weighted by Crippen LogP contribution is 2.24.